The van der Waals surface area contributed by atoms with Crippen LogP contribution in [0.3, 0.4) is 0 Å². The van der Waals surface area contributed by atoms with Crippen molar-refractivity contribution in [3.8, 4) is 5.69 Å². The van der Waals surface area contributed by atoms with E-state index >= 15 is 0 Å². The number of nitrogens with one attached hydrogen (secondary N) is 2. The molecule has 4 amide bonds. The average molecular weight is 417 g/mol. The number of aromatic nitrogens is 2. The SMILES string of the molecule is CC(NC(=O)CN1C(=O)NC(C)(c2ccccc2)C1=O)c1ccc(-n2ccnc2)cc1. The topological polar surface area (TPSA) is 96.3 Å². The summed E-state index contributed by atoms with van der Waals surface area (Å²) < 4.78 is 1.88. The fourth-order valence-electron chi connectivity index (χ4n) is 3.67. The maximum atomic E-state index is 12.9. The number of hydrogen-bond donors (Lipinski definition) is 2. The number of carbonyl (C=O) groups excluding carboxylic acids is 3. The third-order valence-electron chi connectivity index (χ3n) is 5.50. The van der Waals surface area contributed by atoms with Crippen molar-refractivity contribution in [2.75, 3.05) is 6.54 Å². The van der Waals surface area contributed by atoms with Gasteiger partial charge < -0.3 is 15.2 Å². The summed E-state index contributed by atoms with van der Waals surface area (Å²) >= 11 is 0. The molecular weight excluding hydrogens is 394 g/mol. The lowest BCUT2D eigenvalue weighted by atomic mass is 9.92. The number of rotatable bonds is 6. The molecule has 8 nitrogen and oxygen atoms in total. The van der Waals surface area contributed by atoms with Gasteiger partial charge in [0.05, 0.1) is 12.4 Å². The van der Waals surface area contributed by atoms with E-state index in [9.17, 15) is 14.4 Å². The van der Waals surface area contributed by atoms with Crippen LogP contribution in [0.25, 0.3) is 5.69 Å². The van der Waals surface area contributed by atoms with E-state index in [1.54, 1.807) is 43.7 Å². The minimum Gasteiger partial charge on any atom is -0.348 e. The second-order valence-corrected chi connectivity index (χ2v) is 7.66. The molecule has 0 spiro atoms. The Hall–Kier alpha value is -3.94. The second-order valence-electron chi connectivity index (χ2n) is 7.66. The minimum absolute atomic E-state index is 0.286. The molecule has 0 saturated carbocycles. The normalized spacial score (nSPS) is 19.2. The van der Waals surface area contributed by atoms with Crippen molar-refractivity contribution in [1.82, 2.24) is 25.1 Å². The Labute approximate surface area is 179 Å². The third-order valence-corrected chi connectivity index (χ3v) is 5.50. The van der Waals surface area contributed by atoms with Gasteiger partial charge in [-0.25, -0.2) is 9.78 Å². The number of urea groups is 1. The highest BCUT2D eigenvalue weighted by Gasteiger charge is 2.49. The zero-order valence-electron chi connectivity index (χ0n) is 17.3. The first kappa shape index (κ1) is 20.3. The molecule has 2 N–H and O–H groups in total. The van der Waals surface area contributed by atoms with E-state index in [1.165, 1.54) is 0 Å². The number of imide groups is 1. The summed E-state index contributed by atoms with van der Waals surface area (Å²) in [6.45, 7) is 3.15. The molecule has 2 unspecified atom stereocenters. The third kappa shape index (κ3) is 3.92. The van der Waals surface area contributed by atoms with E-state index in [0.29, 0.717) is 5.56 Å². The van der Waals surface area contributed by atoms with E-state index in [2.05, 4.69) is 15.6 Å². The van der Waals surface area contributed by atoms with Crippen molar-refractivity contribution < 1.29 is 14.4 Å². The van der Waals surface area contributed by atoms with Crippen LogP contribution in [0.4, 0.5) is 4.79 Å². The Morgan fingerprint density at radius 3 is 2.48 bits per heavy atom. The molecule has 4 rings (SSSR count). The Morgan fingerprint density at radius 2 is 1.84 bits per heavy atom. The van der Waals surface area contributed by atoms with Gasteiger partial charge in [-0.15, -0.1) is 0 Å². The number of hydrogen-bond acceptors (Lipinski definition) is 4. The summed E-state index contributed by atoms with van der Waals surface area (Å²) in [4.78, 5) is 42.9. The van der Waals surface area contributed by atoms with Crippen LogP contribution >= 0.6 is 0 Å². The monoisotopic (exact) mass is 417 g/mol. The zero-order chi connectivity index (χ0) is 22.0. The quantitative estimate of drug-likeness (QED) is 0.603. The van der Waals surface area contributed by atoms with Crippen molar-refractivity contribution in [3.05, 3.63) is 84.4 Å². The lowest BCUT2D eigenvalue weighted by Gasteiger charge is -2.22. The van der Waals surface area contributed by atoms with Gasteiger partial charge in [-0.2, -0.15) is 0 Å². The van der Waals surface area contributed by atoms with Gasteiger partial charge in [-0.3, -0.25) is 14.5 Å². The maximum Gasteiger partial charge on any atom is 0.325 e. The van der Waals surface area contributed by atoms with Gasteiger partial charge >= 0.3 is 6.03 Å². The number of carbonyl (C=O) groups is 3. The van der Waals surface area contributed by atoms with Crippen LogP contribution in [0.15, 0.2) is 73.3 Å². The van der Waals surface area contributed by atoms with Gasteiger partial charge in [0.2, 0.25) is 5.91 Å². The Kier molecular flexibility index (Phi) is 5.29. The summed E-state index contributed by atoms with van der Waals surface area (Å²) in [5.41, 5.74) is 1.35. The number of imidazole rings is 1. The van der Waals surface area contributed by atoms with Crippen molar-refractivity contribution in [3.63, 3.8) is 0 Å². The first-order valence-electron chi connectivity index (χ1n) is 9.96. The standard InChI is InChI=1S/C23H23N5O3/c1-16(17-8-10-19(11-9-17)27-13-12-24-15-27)25-20(29)14-28-21(30)23(2,26-22(28)31)18-6-4-3-5-7-18/h3-13,15-16H,14H2,1-2H3,(H,25,29)(H,26,31). The van der Waals surface area contributed by atoms with Crippen molar-refractivity contribution in [1.29, 1.82) is 0 Å². The zero-order valence-corrected chi connectivity index (χ0v) is 17.3. The van der Waals surface area contributed by atoms with Crippen LogP contribution in [0, 0.1) is 0 Å². The molecule has 1 aliphatic heterocycles. The largest absolute Gasteiger partial charge is 0.348 e. The highest BCUT2D eigenvalue weighted by molar-refractivity contribution is 6.09. The van der Waals surface area contributed by atoms with Gasteiger partial charge in [0.1, 0.15) is 12.1 Å². The Morgan fingerprint density at radius 1 is 1.13 bits per heavy atom. The summed E-state index contributed by atoms with van der Waals surface area (Å²) in [6.07, 6.45) is 5.26. The van der Waals surface area contributed by atoms with Gasteiger partial charge in [-0.05, 0) is 37.1 Å². The van der Waals surface area contributed by atoms with Crippen LogP contribution in [0.1, 0.15) is 31.0 Å². The van der Waals surface area contributed by atoms with E-state index in [-0.39, 0.29) is 12.6 Å². The molecule has 8 heteroatoms. The van der Waals surface area contributed by atoms with E-state index in [1.807, 2.05) is 48.0 Å². The molecule has 3 aromatic rings. The Balaban J connectivity index is 1.40. The first-order valence-corrected chi connectivity index (χ1v) is 9.96. The van der Waals surface area contributed by atoms with Crippen molar-refractivity contribution in [2.45, 2.75) is 25.4 Å². The molecule has 158 valence electrons. The maximum absolute atomic E-state index is 12.9. The molecule has 1 saturated heterocycles. The minimum atomic E-state index is -1.19. The molecule has 2 heterocycles. The molecule has 1 aliphatic rings. The molecule has 2 atom stereocenters. The summed E-state index contributed by atoms with van der Waals surface area (Å²) in [5.74, 6) is -0.858. The lowest BCUT2D eigenvalue weighted by molar-refractivity contribution is -0.135. The smallest absolute Gasteiger partial charge is 0.325 e. The molecule has 0 bridgehead atoms. The fraction of sp³-hybridized carbons (Fsp3) is 0.217. The Bertz CT molecular complexity index is 1100. The van der Waals surface area contributed by atoms with E-state index in [4.69, 9.17) is 0 Å². The van der Waals surface area contributed by atoms with Crippen LogP contribution in [-0.4, -0.2) is 38.8 Å². The van der Waals surface area contributed by atoms with Gasteiger partial charge in [0, 0.05) is 18.1 Å². The molecule has 2 aromatic carbocycles. The summed E-state index contributed by atoms with van der Waals surface area (Å²) in [6, 6.07) is 15.8. The van der Waals surface area contributed by atoms with Crippen LogP contribution in [-0.2, 0) is 15.1 Å². The van der Waals surface area contributed by atoms with Crippen molar-refractivity contribution in [2.24, 2.45) is 0 Å². The summed E-state index contributed by atoms with van der Waals surface area (Å²) in [7, 11) is 0. The molecule has 0 aliphatic carbocycles. The van der Waals surface area contributed by atoms with Crippen molar-refractivity contribution >= 4 is 17.8 Å². The van der Waals surface area contributed by atoms with Crippen LogP contribution < -0.4 is 10.6 Å². The lowest BCUT2D eigenvalue weighted by Crippen LogP contribution is -2.43. The summed E-state index contributed by atoms with van der Waals surface area (Å²) in [5, 5.41) is 5.56. The van der Waals surface area contributed by atoms with Crippen LogP contribution in [0.5, 0.6) is 0 Å². The van der Waals surface area contributed by atoms with Gasteiger partial charge in [0.25, 0.3) is 5.91 Å². The second kappa shape index (κ2) is 8.06. The van der Waals surface area contributed by atoms with E-state index < -0.39 is 23.4 Å². The van der Waals surface area contributed by atoms with Crippen LogP contribution in [0.2, 0.25) is 0 Å². The molecule has 31 heavy (non-hydrogen) atoms. The number of nitrogens with zero attached hydrogens (tertiary/aromatic N) is 3. The van der Waals surface area contributed by atoms with E-state index in [0.717, 1.165) is 16.2 Å². The highest BCUT2D eigenvalue weighted by atomic mass is 16.2. The predicted octanol–water partition coefficient (Wildman–Crippen LogP) is 2.52. The first-order chi connectivity index (χ1) is 14.9. The molecule has 1 aromatic heterocycles. The van der Waals surface area contributed by atoms with Gasteiger partial charge in [-0.1, -0.05) is 42.5 Å². The predicted molar refractivity (Wildman–Crippen MR) is 114 cm³/mol. The number of amides is 4. The fourth-order valence-corrected chi connectivity index (χ4v) is 3.67. The van der Waals surface area contributed by atoms with Gasteiger partial charge in [0.15, 0.2) is 0 Å². The highest BCUT2D eigenvalue weighted by Crippen LogP contribution is 2.28. The number of benzene rings is 2. The molecule has 0 radical (unpaired) electrons. The molecule has 1 fully saturated rings. The molecular formula is C23H23N5O3. The average Bonchev–Trinajstić information content (AvgIpc) is 3.38.